The van der Waals surface area contributed by atoms with Crippen LogP contribution in [0.1, 0.15) is 74.7 Å². The molecule has 0 bridgehead atoms. The van der Waals surface area contributed by atoms with Crippen LogP contribution in [0.15, 0.2) is 91.0 Å². The van der Waals surface area contributed by atoms with Crippen LogP contribution in [0.25, 0.3) is 0 Å². The minimum absolute atomic E-state index is 0.00730. The maximum atomic E-state index is 13.2. The van der Waals surface area contributed by atoms with E-state index in [0.29, 0.717) is 108 Å². The van der Waals surface area contributed by atoms with Crippen molar-refractivity contribution in [2.24, 2.45) is 0 Å². The maximum Gasteiger partial charge on any atom is 0.161 e. The second kappa shape index (κ2) is 20.1. The van der Waals surface area contributed by atoms with Crippen molar-refractivity contribution in [3.63, 3.8) is 0 Å². The van der Waals surface area contributed by atoms with Gasteiger partial charge in [0, 0.05) is 58.2 Å². The summed E-state index contributed by atoms with van der Waals surface area (Å²) in [6.45, 7) is 0. The van der Waals surface area contributed by atoms with Crippen molar-refractivity contribution in [3.8, 4) is 74.7 Å². The summed E-state index contributed by atoms with van der Waals surface area (Å²) in [6, 6.07) is 26.7. The fraction of sp³-hybridized carbons (Fsp3) is 0.345. The molecule has 0 saturated heterocycles. The van der Waals surface area contributed by atoms with Crippen LogP contribution in [0.4, 0.5) is 0 Å². The summed E-state index contributed by atoms with van der Waals surface area (Å²) < 4.78 is 79.1. The number of hydrogen-bond donors (Lipinski definition) is 3. The van der Waals surface area contributed by atoms with Crippen molar-refractivity contribution < 1.29 is 76.9 Å². The minimum Gasteiger partial charge on any atom is -0.497 e. The molecular formula is C55H58O16. The SMILES string of the molecule is COc1ccc2c(c1)OC(c1ccc(OC)c(OC)c1)C(O)C2c1c(OC)c2c(c3c1OC(c1ccc(OC)c(OC)c1)C(O)C3c1ccc(OC)cc1OC)OC(c1ccc(OC)c(OC)c1)C(O)C2. The number of benzene rings is 6. The molecule has 3 N–H and O–H groups in total. The zero-order valence-electron chi connectivity index (χ0n) is 41.1. The Morgan fingerprint density at radius 3 is 1.34 bits per heavy atom. The molecule has 8 atom stereocenters. The number of methoxy groups -OCH3 is 10. The van der Waals surface area contributed by atoms with Gasteiger partial charge in [0.25, 0.3) is 0 Å². The highest BCUT2D eigenvalue weighted by Gasteiger charge is 2.51. The first-order chi connectivity index (χ1) is 34.5. The summed E-state index contributed by atoms with van der Waals surface area (Å²) in [5.74, 6) is 3.46. The van der Waals surface area contributed by atoms with Gasteiger partial charge in [-0.05, 0) is 65.2 Å². The van der Waals surface area contributed by atoms with Gasteiger partial charge in [-0.2, -0.15) is 0 Å². The largest absolute Gasteiger partial charge is 0.497 e. The van der Waals surface area contributed by atoms with Crippen molar-refractivity contribution in [1.29, 1.82) is 0 Å². The van der Waals surface area contributed by atoms with Gasteiger partial charge in [0.1, 0.15) is 58.6 Å². The van der Waals surface area contributed by atoms with Gasteiger partial charge in [-0.3, -0.25) is 0 Å². The zero-order chi connectivity index (χ0) is 50.2. The topological polar surface area (TPSA) is 181 Å². The molecule has 6 aromatic rings. The molecule has 3 aliphatic heterocycles. The maximum absolute atomic E-state index is 13.2. The van der Waals surface area contributed by atoms with Crippen LogP contribution in [0.2, 0.25) is 0 Å². The molecule has 0 aliphatic carbocycles. The number of ether oxygens (including phenoxy) is 13. The van der Waals surface area contributed by atoms with Gasteiger partial charge in [-0.15, -0.1) is 0 Å². The summed E-state index contributed by atoms with van der Waals surface area (Å²) in [4.78, 5) is 0. The van der Waals surface area contributed by atoms with Crippen LogP contribution in [-0.2, 0) is 6.42 Å². The van der Waals surface area contributed by atoms with Crippen LogP contribution in [-0.4, -0.2) is 105 Å². The standard InChI is InChI=1S/C55H58O16/c1-59-30-14-16-32(39(24-30)64-6)44-47-54-34(26-35(56)50(70-54)27-11-18-36(61-3)41(21-27)65-7)53(68-10)46(55(47)71-52(49(44)58)29-13-20-38(63-5)43(23-29)67-9)45-33-17-15-31(60-2)25-40(33)69-51(48(45)57)28-12-19-37(62-4)42(22-28)66-8/h11-25,35,44-45,48-52,56-58H,26H2,1-10H3. The fourth-order valence-corrected chi connectivity index (χ4v) is 10.3. The van der Waals surface area contributed by atoms with Crippen LogP contribution in [0.5, 0.6) is 74.7 Å². The smallest absolute Gasteiger partial charge is 0.161 e. The summed E-state index contributed by atoms with van der Waals surface area (Å²) in [7, 11) is 15.4. The summed E-state index contributed by atoms with van der Waals surface area (Å²) in [6.07, 6.45) is -6.91. The second-order valence-corrected chi connectivity index (χ2v) is 17.2. The molecule has 0 radical (unpaired) electrons. The van der Waals surface area contributed by atoms with Gasteiger partial charge >= 0.3 is 0 Å². The quantitative estimate of drug-likeness (QED) is 0.0898. The van der Waals surface area contributed by atoms with Crippen molar-refractivity contribution in [1.82, 2.24) is 0 Å². The number of fused-ring (bicyclic) bond motifs is 4. The number of rotatable bonds is 15. The summed E-state index contributed by atoms with van der Waals surface area (Å²) in [5, 5.41) is 38.7. The first-order valence-corrected chi connectivity index (χ1v) is 22.9. The first kappa shape index (κ1) is 48.6. The molecule has 0 saturated carbocycles. The lowest BCUT2D eigenvalue weighted by Crippen LogP contribution is -2.40. The first-order valence-electron chi connectivity index (χ1n) is 22.9. The minimum atomic E-state index is -1.35. The van der Waals surface area contributed by atoms with Gasteiger partial charge < -0.3 is 76.9 Å². The Morgan fingerprint density at radius 2 is 0.845 bits per heavy atom. The molecule has 71 heavy (non-hydrogen) atoms. The third-order valence-corrected chi connectivity index (χ3v) is 13.7. The molecule has 16 nitrogen and oxygen atoms in total. The predicted molar refractivity (Wildman–Crippen MR) is 260 cm³/mol. The van der Waals surface area contributed by atoms with E-state index in [1.165, 1.54) is 28.4 Å². The van der Waals surface area contributed by atoms with E-state index in [2.05, 4.69) is 0 Å². The van der Waals surface area contributed by atoms with E-state index in [9.17, 15) is 15.3 Å². The molecule has 8 unspecified atom stereocenters. The highest BCUT2D eigenvalue weighted by atomic mass is 16.5. The number of aliphatic hydroxyl groups is 3. The fourth-order valence-electron chi connectivity index (χ4n) is 10.3. The van der Waals surface area contributed by atoms with E-state index in [1.807, 2.05) is 18.2 Å². The summed E-state index contributed by atoms with van der Waals surface area (Å²) >= 11 is 0. The van der Waals surface area contributed by atoms with Gasteiger partial charge in [0.05, 0.1) is 77.2 Å². The Hall–Kier alpha value is -7.40. The monoisotopic (exact) mass is 974 g/mol. The average molecular weight is 975 g/mol. The second-order valence-electron chi connectivity index (χ2n) is 17.2. The molecule has 0 aromatic heterocycles. The average Bonchev–Trinajstić information content (AvgIpc) is 3.41. The van der Waals surface area contributed by atoms with Crippen LogP contribution in [0, 0.1) is 0 Å². The third kappa shape index (κ3) is 8.38. The van der Waals surface area contributed by atoms with Crippen molar-refractivity contribution in [2.45, 2.75) is 54.9 Å². The highest BCUT2D eigenvalue weighted by molar-refractivity contribution is 5.72. The van der Waals surface area contributed by atoms with Crippen LogP contribution >= 0.6 is 0 Å². The normalized spacial score (nSPS) is 21.9. The summed E-state index contributed by atoms with van der Waals surface area (Å²) in [5.41, 5.74) is 4.15. The van der Waals surface area contributed by atoms with Gasteiger partial charge in [-0.25, -0.2) is 0 Å². The molecule has 16 heteroatoms. The molecule has 6 aromatic carbocycles. The van der Waals surface area contributed by atoms with E-state index in [4.69, 9.17) is 61.6 Å². The van der Waals surface area contributed by atoms with E-state index in [1.54, 1.807) is 115 Å². The van der Waals surface area contributed by atoms with E-state index < -0.39 is 48.5 Å². The lowest BCUT2D eigenvalue weighted by Gasteiger charge is -2.45. The molecule has 374 valence electrons. The van der Waals surface area contributed by atoms with Crippen molar-refractivity contribution in [2.75, 3.05) is 71.1 Å². The predicted octanol–water partition coefficient (Wildman–Crippen LogP) is 8.06. The Kier molecular flexibility index (Phi) is 13.8. The molecule has 0 amide bonds. The van der Waals surface area contributed by atoms with Gasteiger partial charge in [0.2, 0.25) is 0 Å². The Balaban J connectivity index is 1.38. The van der Waals surface area contributed by atoms with Crippen LogP contribution in [0.3, 0.4) is 0 Å². The molecule has 0 fully saturated rings. The molecular weight excluding hydrogens is 917 g/mol. The molecule has 3 heterocycles. The molecule has 0 spiro atoms. The van der Waals surface area contributed by atoms with E-state index >= 15 is 0 Å². The lowest BCUT2D eigenvalue weighted by molar-refractivity contribution is -0.00866. The number of aliphatic hydroxyl groups excluding tert-OH is 3. The highest BCUT2D eigenvalue weighted by Crippen LogP contribution is 2.62. The van der Waals surface area contributed by atoms with Crippen molar-refractivity contribution >= 4 is 0 Å². The third-order valence-electron chi connectivity index (χ3n) is 13.7. The lowest BCUT2D eigenvalue weighted by atomic mass is 9.72. The Morgan fingerprint density at radius 1 is 0.394 bits per heavy atom. The zero-order valence-corrected chi connectivity index (χ0v) is 41.1. The van der Waals surface area contributed by atoms with Gasteiger partial charge in [-0.1, -0.05) is 30.3 Å². The molecule has 3 aliphatic rings. The van der Waals surface area contributed by atoms with Crippen molar-refractivity contribution in [3.05, 3.63) is 136 Å². The van der Waals surface area contributed by atoms with E-state index in [0.717, 1.165) is 0 Å². The van der Waals surface area contributed by atoms with Gasteiger partial charge in [0.15, 0.2) is 46.7 Å². The number of hydrogen-bond acceptors (Lipinski definition) is 16. The Bertz CT molecular complexity index is 2920. The van der Waals surface area contributed by atoms with Crippen LogP contribution < -0.4 is 61.6 Å². The molecule has 9 rings (SSSR count). The Labute approximate surface area is 411 Å². The van der Waals surface area contributed by atoms with E-state index in [-0.39, 0.29) is 17.9 Å².